The quantitative estimate of drug-likeness (QED) is 0.286. The molecule has 2 heterocycles. The summed E-state index contributed by atoms with van der Waals surface area (Å²) >= 11 is 0. The number of carbonyl (C=O) groups is 1. The van der Waals surface area contributed by atoms with E-state index in [0.29, 0.717) is 29.5 Å². The minimum absolute atomic E-state index is 0.265. The van der Waals surface area contributed by atoms with Crippen LogP contribution in [0.2, 0.25) is 0 Å². The molecule has 0 aliphatic rings. The summed E-state index contributed by atoms with van der Waals surface area (Å²) < 4.78 is 7.81. The largest absolute Gasteiger partial charge is 0.492 e. The molecule has 0 saturated carbocycles. The Morgan fingerprint density at radius 2 is 2.00 bits per heavy atom. The molecule has 0 aliphatic heterocycles. The lowest BCUT2D eigenvalue weighted by Gasteiger charge is -2.18. The Morgan fingerprint density at radius 3 is 2.76 bits per heavy atom. The Bertz CT molecular complexity index is 1410. The van der Waals surface area contributed by atoms with Crippen molar-refractivity contribution < 1.29 is 9.53 Å². The Balaban J connectivity index is 1.66. The van der Waals surface area contributed by atoms with Gasteiger partial charge in [0.1, 0.15) is 17.9 Å². The molecule has 9 nitrogen and oxygen atoms in total. The molecule has 0 bridgehead atoms. The first kappa shape index (κ1) is 25.8. The number of carbonyl (C=O) groups excluding carboxylic acids is 1. The van der Waals surface area contributed by atoms with E-state index in [2.05, 4.69) is 43.2 Å². The molecule has 192 valence electrons. The van der Waals surface area contributed by atoms with E-state index in [1.165, 1.54) is 12.4 Å². The fourth-order valence-corrected chi connectivity index (χ4v) is 4.13. The second kappa shape index (κ2) is 11.7. The van der Waals surface area contributed by atoms with E-state index in [1.54, 1.807) is 0 Å². The molecule has 9 heteroatoms. The number of amides is 1. The maximum Gasteiger partial charge on any atom is 0.247 e. The summed E-state index contributed by atoms with van der Waals surface area (Å²) in [6.07, 6.45) is 6.37. The average molecular weight is 500 g/mol. The van der Waals surface area contributed by atoms with Gasteiger partial charge in [-0.15, -0.1) is 0 Å². The number of hydrogen-bond donors (Lipinski definition) is 2. The average Bonchev–Trinajstić information content (AvgIpc) is 3.26. The van der Waals surface area contributed by atoms with Crippen LogP contribution in [0.5, 0.6) is 5.75 Å². The molecule has 0 saturated heterocycles. The molecular weight excluding hydrogens is 466 g/mol. The number of anilines is 3. The highest BCUT2D eigenvalue weighted by Gasteiger charge is 2.14. The van der Waals surface area contributed by atoms with Gasteiger partial charge in [-0.25, -0.2) is 9.97 Å². The molecule has 0 fully saturated rings. The van der Waals surface area contributed by atoms with Crippen molar-refractivity contribution >= 4 is 34.0 Å². The van der Waals surface area contributed by atoms with Crippen LogP contribution in [0.1, 0.15) is 18.9 Å². The van der Waals surface area contributed by atoms with E-state index < -0.39 is 0 Å². The Hall–Kier alpha value is -4.24. The van der Waals surface area contributed by atoms with Gasteiger partial charge in [-0.3, -0.25) is 9.48 Å². The molecule has 0 radical (unpaired) electrons. The zero-order valence-corrected chi connectivity index (χ0v) is 21.8. The van der Waals surface area contributed by atoms with Crippen molar-refractivity contribution in [2.75, 3.05) is 37.9 Å². The van der Waals surface area contributed by atoms with Gasteiger partial charge in [0.15, 0.2) is 0 Å². The van der Waals surface area contributed by atoms with Gasteiger partial charge < -0.3 is 20.3 Å². The molecule has 1 amide bonds. The predicted octanol–water partition coefficient (Wildman–Crippen LogP) is 4.79. The number of benzene rings is 2. The lowest BCUT2D eigenvalue weighted by molar-refractivity contribution is -0.111. The first-order valence-electron chi connectivity index (χ1n) is 12.3. The van der Waals surface area contributed by atoms with Crippen LogP contribution in [0, 0.1) is 0 Å². The summed E-state index contributed by atoms with van der Waals surface area (Å²) in [7, 11) is 6.01. The van der Waals surface area contributed by atoms with E-state index in [0.717, 1.165) is 47.1 Å². The number of rotatable bonds is 11. The number of fused-ring (bicyclic) bond motifs is 1. The lowest BCUT2D eigenvalue weighted by atomic mass is 10.0. The van der Waals surface area contributed by atoms with Crippen LogP contribution < -0.4 is 15.4 Å². The molecule has 2 aromatic carbocycles. The first-order valence-corrected chi connectivity index (χ1v) is 12.3. The number of hydrogen-bond acceptors (Lipinski definition) is 7. The molecular formula is C28H33N7O2. The summed E-state index contributed by atoms with van der Waals surface area (Å²) in [5, 5.41) is 11.7. The van der Waals surface area contributed by atoms with Crippen molar-refractivity contribution in [2.24, 2.45) is 7.05 Å². The van der Waals surface area contributed by atoms with Gasteiger partial charge in [0, 0.05) is 29.8 Å². The number of aryl methyl sites for hydroxylation is 2. The summed E-state index contributed by atoms with van der Waals surface area (Å²) in [6, 6.07) is 11.9. The molecule has 37 heavy (non-hydrogen) atoms. The molecule has 4 rings (SSSR count). The zero-order valence-electron chi connectivity index (χ0n) is 21.8. The minimum Gasteiger partial charge on any atom is -0.492 e. The van der Waals surface area contributed by atoms with Gasteiger partial charge >= 0.3 is 0 Å². The number of nitrogens with one attached hydrogen (secondary N) is 2. The van der Waals surface area contributed by atoms with Crippen molar-refractivity contribution in [1.29, 1.82) is 0 Å². The number of ether oxygens (including phenoxy) is 1. The maximum atomic E-state index is 12.2. The van der Waals surface area contributed by atoms with Gasteiger partial charge in [-0.1, -0.05) is 12.6 Å². The van der Waals surface area contributed by atoms with Crippen LogP contribution in [0.4, 0.5) is 17.2 Å². The summed E-state index contributed by atoms with van der Waals surface area (Å²) in [5.74, 6) is 1.04. The van der Waals surface area contributed by atoms with Crippen LogP contribution in [0.3, 0.4) is 0 Å². The second-order valence-electron chi connectivity index (χ2n) is 8.99. The molecule has 2 aromatic heterocycles. The summed E-state index contributed by atoms with van der Waals surface area (Å²) in [5.41, 5.74) is 5.21. The third kappa shape index (κ3) is 6.31. The Labute approximate surface area is 217 Å². The van der Waals surface area contributed by atoms with E-state index >= 15 is 0 Å². The molecule has 0 spiro atoms. The Kier molecular flexibility index (Phi) is 8.15. The highest BCUT2D eigenvalue weighted by molar-refractivity contribution is 6.00. The fraction of sp³-hybridized carbons (Fsp3) is 0.286. The predicted molar refractivity (Wildman–Crippen MR) is 148 cm³/mol. The second-order valence-corrected chi connectivity index (χ2v) is 8.99. The van der Waals surface area contributed by atoms with Gasteiger partial charge in [-0.2, -0.15) is 5.10 Å². The summed E-state index contributed by atoms with van der Waals surface area (Å²) in [4.78, 5) is 23.2. The minimum atomic E-state index is -0.265. The zero-order chi connectivity index (χ0) is 26.4. The first-order chi connectivity index (χ1) is 17.9. The SMILES string of the molecule is C=CC(=O)Nc1cc(Nc2cc(-c3ccc4c(cnn4C)c3)ncn2)c(OCC)cc1CCCN(C)C. The van der Waals surface area contributed by atoms with Crippen molar-refractivity contribution in [1.82, 2.24) is 24.6 Å². The van der Waals surface area contributed by atoms with Crippen molar-refractivity contribution in [3.8, 4) is 17.0 Å². The van der Waals surface area contributed by atoms with Crippen molar-refractivity contribution in [3.05, 3.63) is 67.1 Å². The standard InChI is InChI=1S/C28H33N7O2/c1-6-28(36)33-23-15-24(26(37-7-2)14-19(23)9-8-12-34(3)4)32-27-16-22(29-18-30-27)20-10-11-25-21(13-20)17-31-35(25)5/h6,10-11,13-18H,1,7-9,12H2,2-5H3,(H,33,36)(H,29,30,32). The normalized spacial score (nSPS) is 11.1. The van der Waals surface area contributed by atoms with Gasteiger partial charge in [0.05, 0.1) is 29.7 Å². The lowest BCUT2D eigenvalue weighted by Crippen LogP contribution is -2.15. The molecule has 2 N–H and O–H groups in total. The van der Waals surface area contributed by atoms with Crippen LogP contribution in [-0.2, 0) is 18.3 Å². The van der Waals surface area contributed by atoms with Crippen LogP contribution in [0.25, 0.3) is 22.2 Å². The summed E-state index contributed by atoms with van der Waals surface area (Å²) in [6.45, 7) is 6.97. The van der Waals surface area contributed by atoms with Gasteiger partial charge in [-0.05, 0) is 76.3 Å². The Morgan fingerprint density at radius 1 is 1.16 bits per heavy atom. The monoisotopic (exact) mass is 499 g/mol. The van der Waals surface area contributed by atoms with Crippen LogP contribution in [-0.4, -0.2) is 57.8 Å². The van der Waals surface area contributed by atoms with Gasteiger partial charge in [0.2, 0.25) is 5.91 Å². The smallest absolute Gasteiger partial charge is 0.247 e. The highest BCUT2D eigenvalue weighted by atomic mass is 16.5. The maximum absolute atomic E-state index is 12.2. The van der Waals surface area contributed by atoms with Crippen LogP contribution in [0.15, 0.2) is 61.6 Å². The van der Waals surface area contributed by atoms with Crippen molar-refractivity contribution in [2.45, 2.75) is 19.8 Å². The third-order valence-electron chi connectivity index (χ3n) is 5.97. The molecule has 0 aliphatic carbocycles. The van der Waals surface area contributed by atoms with Crippen molar-refractivity contribution in [3.63, 3.8) is 0 Å². The molecule has 0 atom stereocenters. The topological polar surface area (TPSA) is 97.2 Å². The van der Waals surface area contributed by atoms with E-state index in [-0.39, 0.29) is 5.91 Å². The highest BCUT2D eigenvalue weighted by Crippen LogP contribution is 2.35. The van der Waals surface area contributed by atoms with E-state index in [9.17, 15) is 4.79 Å². The van der Waals surface area contributed by atoms with E-state index in [1.807, 2.05) is 69.3 Å². The molecule has 4 aromatic rings. The third-order valence-corrected chi connectivity index (χ3v) is 5.97. The fourth-order valence-electron chi connectivity index (χ4n) is 4.13. The number of aromatic nitrogens is 4. The van der Waals surface area contributed by atoms with Gasteiger partial charge in [0.25, 0.3) is 0 Å². The van der Waals surface area contributed by atoms with Crippen LogP contribution >= 0.6 is 0 Å². The van der Waals surface area contributed by atoms with E-state index in [4.69, 9.17) is 4.74 Å². The molecule has 0 unspecified atom stereocenters. The number of nitrogens with zero attached hydrogens (tertiary/aromatic N) is 5.